The Hall–Kier alpha value is -3.80. The summed E-state index contributed by atoms with van der Waals surface area (Å²) < 4.78 is 16.3. The number of amides is 1. The summed E-state index contributed by atoms with van der Waals surface area (Å²) in [5.74, 6) is 2.22. The number of nitrogens with one attached hydrogen (secondary N) is 1. The predicted octanol–water partition coefficient (Wildman–Crippen LogP) is 4.54. The molecule has 2 aromatic carbocycles. The average Bonchev–Trinajstić information content (AvgIpc) is 3.44. The highest BCUT2D eigenvalue weighted by Crippen LogP contribution is 2.29. The number of benzene rings is 2. The van der Waals surface area contributed by atoms with Gasteiger partial charge in [0.25, 0.3) is 5.91 Å². The number of carbonyl (C=O) groups excluding carboxylic acids is 1. The SMILES string of the molecule is COc1ccc(-c2cnc(-c3ccccc3C(=O)NCc3ccco3)o2)cc1. The number of rotatable bonds is 6. The quantitative estimate of drug-likeness (QED) is 0.536. The van der Waals surface area contributed by atoms with Gasteiger partial charge in [0, 0.05) is 11.1 Å². The van der Waals surface area contributed by atoms with Crippen molar-refractivity contribution in [3.8, 4) is 28.5 Å². The van der Waals surface area contributed by atoms with Gasteiger partial charge in [-0.1, -0.05) is 12.1 Å². The van der Waals surface area contributed by atoms with Crippen LogP contribution in [-0.2, 0) is 6.54 Å². The molecule has 4 aromatic rings. The minimum absolute atomic E-state index is 0.226. The summed E-state index contributed by atoms with van der Waals surface area (Å²) in [6.07, 6.45) is 3.22. The van der Waals surface area contributed by atoms with E-state index in [-0.39, 0.29) is 5.91 Å². The number of carbonyl (C=O) groups is 1. The van der Waals surface area contributed by atoms with Crippen LogP contribution in [0.25, 0.3) is 22.8 Å². The van der Waals surface area contributed by atoms with Crippen LogP contribution in [0.1, 0.15) is 16.1 Å². The first-order valence-electron chi connectivity index (χ1n) is 8.75. The van der Waals surface area contributed by atoms with Gasteiger partial charge in [-0.15, -0.1) is 0 Å². The first kappa shape index (κ1) is 17.6. The highest BCUT2D eigenvalue weighted by atomic mass is 16.5. The average molecular weight is 374 g/mol. The number of aromatic nitrogens is 1. The van der Waals surface area contributed by atoms with E-state index in [0.29, 0.717) is 35.1 Å². The maximum Gasteiger partial charge on any atom is 0.252 e. The van der Waals surface area contributed by atoms with Crippen LogP contribution in [0.15, 0.2) is 82.0 Å². The third-order valence-corrected chi connectivity index (χ3v) is 4.29. The standard InChI is InChI=1S/C22H18N2O4/c1-26-16-10-8-15(9-11-16)20-14-24-22(28-20)19-7-3-2-6-18(19)21(25)23-13-17-5-4-12-27-17/h2-12,14H,13H2,1H3,(H,23,25). The van der Waals surface area contributed by atoms with E-state index in [1.165, 1.54) is 0 Å². The molecule has 28 heavy (non-hydrogen) atoms. The maximum atomic E-state index is 12.6. The van der Waals surface area contributed by atoms with Gasteiger partial charge in [0.15, 0.2) is 5.76 Å². The van der Waals surface area contributed by atoms with E-state index >= 15 is 0 Å². The summed E-state index contributed by atoms with van der Waals surface area (Å²) in [4.78, 5) is 17.0. The number of nitrogens with zero attached hydrogens (tertiary/aromatic N) is 1. The largest absolute Gasteiger partial charge is 0.497 e. The van der Waals surface area contributed by atoms with Crippen LogP contribution in [0.3, 0.4) is 0 Å². The molecule has 1 amide bonds. The van der Waals surface area contributed by atoms with Gasteiger partial charge in [-0.25, -0.2) is 4.98 Å². The number of furan rings is 1. The molecule has 0 bridgehead atoms. The van der Waals surface area contributed by atoms with Crippen LogP contribution in [0.4, 0.5) is 0 Å². The molecule has 1 N–H and O–H groups in total. The Morgan fingerprint density at radius 3 is 2.64 bits per heavy atom. The molecule has 0 atom stereocenters. The van der Waals surface area contributed by atoms with Crippen molar-refractivity contribution in [2.75, 3.05) is 7.11 Å². The van der Waals surface area contributed by atoms with E-state index in [0.717, 1.165) is 11.3 Å². The monoisotopic (exact) mass is 374 g/mol. The number of oxazole rings is 1. The second-order valence-corrected chi connectivity index (χ2v) is 6.07. The van der Waals surface area contributed by atoms with Crippen LogP contribution in [0.2, 0.25) is 0 Å². The number of hydrogen-bond acceptors (Lipinski definition) is 5. The highest BCUT2D eigenvalue weighted by molar-refractivity contribution is 5.99. The Kier molecular flexibility index (Phi) is 4.93. The lowest BCUT2D eigenvalue weighted by Crippen LogP contribution is -2.23. The Labute approximate surface area is 161 Å². The zero-order chi connectivity index (χ0) is 19.3. The van der Waals surface area contributed by atoms with E-state index in [9.17, 15) is 4.79 Å². The summed E-state index contributed by atoms with van der Waals surface area (Å²) >= 11 is 0. The molecule has 0 saturated heterocycles. The van der Waals surface area contributed by atoms with Crippen molar-refractivity contribution in [3.05, 3.63) is 84.4 Å². The van der Waals surface area contributed by atoms with Gasteiger partial charge in [0.05, 0.1) is 31.7 Å². The molecule has 4 rings (SSSR count). The van der Waals surface area contributed by atoms with Gasteiger partial charge >= 0.3 is 0 Å². The second-order valence-electron chi connectivity index (χ2n) is 6.07. The molecular weight excluding hydrogens is 356 g/mol. The summed E-state index contributed by atoms with van der Waals surface area (Å²) in [5, 5.41) is 2.85. The van der Waals surface area contributed by atoms with E-state index in [1.54, 1.807) is 43.8 Å². The van der Waals surface area contributed by atoms with Crippen molar-refractivity contribution in [2.45, 2.75) is 6.54 Å². The summed E-state index contributed by atoms with van der Waals surface area (Å²) in [6, 6.07) is 18.3. The Bertz CT molecular complexity index is 1070. The molecule has 0 aliphatic heterocycles. The molecule has 0 aliphatic carbocycles. The third kappa shape index (κ3) is 3.66. The molecule has 0 radical (unpaired) electrons. The normalized spacial score (nSPS) is 10.6. The first-order valence-corrected chi connectivity index (χ1v) is 8.75. The minimum Gasteiger partial charge on any atom is -0.497 e. The highest BCUT2D eigenvalue weighted by Gasteiger charge is 2.17. The summed E-state index contributed by atoms with van der Waals surface area (Å²) in [6.45, 7) is 0.308. The van der Waals surface area contributed by atoms with Crippen LogP contribution in [-0.4, -0.2) is 18.0 Å². The summed E-state index contributed by atoms with van der Waals surface area (Å²) in [7, 11) is 1.62. The van der Waals surface area contributed by atoms with Gasteiger partial charge < -0.3 is 18.9 Å². The topological polar surface area (TPSA) is 77.5 Å². The van der Waals surface area contributed by atoms with Gasteiger partial charge in [-0.2, -0.15) is 0 Å². The lowest BCUT2D eigenvalue weighted by atomic mass is 10.1. The van der Waals surface area contributed by atoms with Crippen LogP contribution < -0.4 is 10.1 Å². The van der Waals surface area contributed by atoms with Crippen LogP contribution >= 0.6 is 0 Å². The first-order chi connectivity index (χ1) is 13.7. The minimum atomic E-state index is -0.226. The summed E-state index contributed by atoms with van der Waals surface area (Å²) in [5.41, 5.74) is 1.98. The molecule has 2 heterocycles. The fraction of sp³-hybridized carbons (Fsp3) is 0.0909. The zero-order valence-corrected chi connectivity index (χ0v) is 15.2. The van der Waals surface area contributed by atoms with E-state index < -0.39 is 0 Å². The number of hydrogen-bond donors (Lipinski definition) is 1. The maximum absolute atomic E-state index is 12.6. The molecule has 6 heteroatoms. The van der Waals surface area contributed by atoms with Crippen LogP contribution in [0.5, 0.6) is 5.75 Å². The van der Waals surface area contributed by atoms with E-state index in [1.807, 2.05) is 36.4 Å². The number of ether oxygens (including phenoxy) is 1. The molecule has 140 valence electrons. The van der Waals surface area contributed by atoms with Gasteiger partial charge in [0.2, 0.25) is 5.89 Å². The lowest BCUT2D eigenvalue weighted by molar-refractivity contribution is 0.0948. The third-order valence-electron chi connectivity index (χ3n) is 4.29. The Balaban J connectivity index is 1.57. The molecule has 6 nitrogen and oxygen atoms in total. The Morgan fingerprint density at radius 1 is 1.07 bits per heavy atom. The number of methoxy groups -OCH3 is 1. The molecular formula is C22H18N2O4. The van der Waals surface area contributed by atoms with Crippen molar-refractivity contribution in [1.29, 1.82) is 0 Å². The van der Waals surface area contributed by atoms with Crippen molar-refractivity contribution in [2.24, 2.45) is 0 Å². The molecule has 2 aromatic heterocycles. The molecule has 0 saturated carbocycles. The fourth-order valence-electron chi connectivity index (χ4n) is 2.83. The predicted molar refractivity (Wildman–Crippen MR) is 104 cm³/mol. The van der Waals surface area contributed by atoms with Crippen molar-refractivity contribution in [1.82, 2.24) is 10.3 Å². The van der Waals surface area contributed by atoms with Gasteiger partial charge in [-0.05, 0) is 48.5 Å². The van der Waals surface area contributed by atoms with E-state index in [2.05, 4.69) is 10.3 Å². The Morgan fingerprint density at radius 2 is 1.89 bits per heavy atom. The fourth-order valence-corrected chi connectivity index (χ4v) is 2.83. The van der Waals surface area contributed by atoms with E-state index in [4.69, 9.17) is 13.6 Å². The van der Waals surface area contributed by atoms with Gasteiger partial charge in [0.1, 0.15) is 11.5 Å². The van der Waals surface area contributed by atoms with Crippen LogP contribution in [0, 0.1) is 0 Å². The smallest absolute Gasteiger partial charge is 0.252 e. The lowest BCUT2D eigenvalue weighted by Gasteiger charge is -2.07. The molecule has 0 fully saturated rings. The second kappa shape index (κ2) is 7.84. The molecule has 0 spiro atoms. The molecule has 0 aliphatic rings. The van der Waals surface area contributed by atoms with Crippen molar-refractivity contribution >= 4 is 5.91 Å². The zero-order valence-electron chi connectivity index (χ0n) is 15.2. The van der Waals surface area contributed by atoms with Gasteiger partial charge in [-0.3, -0.25) is 4.79 Å². The van der Waals surface area contributed by atoms with Crippen molar-refractivity contribution < 1.29 is 18.4 Å². The van der Waals surface area contributed by atoms with Crippen molar-refractivity contribution in [3.63, 3.8) is 0 Å². The molecule has 0 unspecified atom stereocenters.